The van der Waals surface area contributed by atoms with Crippen LogP contribution in [0.2, 0.25) is 0 Å². The van der Waals surface area contributed by atoms with Crippen molar-refractivity contribution in [1.29, 1.82) is 0 Å². The molecule has 2 heterocycles. The van der Waals surface area contributed by atoms with Gasteiger partial charge >= 0.3 is 0 Å². The minimum atomic E-state index is 1.01. The highest BCUT2D eigenvalue weighted by atomic mass is 79.9. The first kappa shape index (κ1) is 12.6. The zero-order chi connectivity index (χ0) is 13.4. The maximum Gasteiger partial charge on any atom is 0.116 e. The lowest BCUT2D eigenvalue weighted by Gasteiger charge is -1.98. The normalized spacial score (nSPS) is 10.9. The summed E-state index contributed by atoms with van der Waals surface area (Å²) in [4.78, 5) is 2.46. The summed E-state index contributed by atoms with van der Waals surface area (Å²) in [6.45, 7) is 2.12. The third-order valence-corrected chi connectivity index (χ3v) is 4.65. The average Bonchev–Trinajstić information content (AvgIpc) is 2.96. The molecule has 0 N–H and O–H groups in total. The highest BCUT2D eigenvalue weighted by Gasteiger charge is 2.11. The average molecular weight is 333 g/mol. The van der Waals surface area contributed by atoms with Gasteiger partial charge in [0.1, 0.15) is 5.69 Å². The number of hydrogen-bond acceptors (Lipinski definition) is 2. The van der Waals surface area contributed by atoms with Crippen molar-refractivity contribution in [3.8, 4) is 21.0 Å². The van der Waals surface area contributed by atoms with E-state index in [0.717, 1.165) is 10.2 Å². The smallest absolute Gasteiger partial charge is 0.116 e. The second kappa shape index (κ2) is 4.94. The number of rotatable bonds is 2. The van der Waals surface area contributed by atoms with Crippen LogP contribution in [-0.4, -0.2) is 9.78 Å². The van der Waals surface area contributed by atoms with Gasteiger partial charge in [-0.2, -0.15) is 5.10 Å². The van der Waals surface area contributed by atoms with E-state index >= 15 is 0 Å². The summed E-state index contributed by atoms with van der Waals surface area (Å²) in [5.41, 5.74) is 3.56. The van der Waals surface area contributed by atoms with Crippen LogP contribution in [0.25, 0.3) is 21.0 Å². The van der Waals surface area contributed by atoms with Crippen LogP contribution in [0.3, 0.4) is 0 Å². The molecule has 0 aliphatic heterocycles. The predicted molar refractivity (Wildman–Crippen MR) is 84.4 cm³/mol. The third-order valence-electron chi connectivity index (χ3n) is 2.93. The van der Waals surface area contributed by atoms with Crippen molar-refractivity contribution in [1.82, 2.24) is 9.78 Å². The van der Waals surface area contributed by atoms with Crippen LogP contribution in [0, 0.1) is 6.92 Å². The molecule has 2 aromatic heterocycles. The molecule has 96 valence electrons. The fourth-order valence-electron chi connectivity index (χ4n) is 2.05. The molecule has 4 heteroatoms. The van der Waals surface area contributed by atoms with Gasteiger partial charge in [-0.1, -0.05) is 29.8 Å². The van der Waals surface area contributed by atoms with Gasteiger partial charge in [-0.05, 0) is 40.5 Å². The summed E-state index contributed by atoms with van der Waals surface area (Å²) >= 11 is 5.32. The topological polar surface area (TPSA) is 17.8 Å². The molecule has 0 aliphatic carbocycles. The monoisotopic (exact) mass is 332 g/mol. The quantitative estimate of drug-likeness (QED) is 0.653. The van der Waals surface area contributed by atoms with E-state index in [1.807, 2.05) is 17.9 Å². The van der Waals surface area contributed by atoms with Crippen molar-refractivity contribution in [3.63, 3.8) is 0 Å². The van der Waals surface area contributed by atoms with Gasteiger partial charge in [-0.15, -0.1) is 11.3 Å². The second-order valence-corrected chi connectivity index (χ2v) is 6.47. The van der Waals surface area contributed by atoms with Crippen LogP contribution in [0.5, 0.6) is 0 Å². The first-order chi connectivity index (χ1) is 9.13. The molecule has 0 amide bonds. The fraction of sp³-hybridized carbons (Fsp3) is 0.133. The molecule has 0 atom stereocenters. The van der Waals surface area contributed by atoms with E-state index < -0.39 is 0 Å². The molecule has 19 heavy (non-hydrogen) atoms. The first-order valence-corrected chi connectivity index (χ1v) is 7.61. The van der Waals surface area contributed by atoms with Crippen molar-refractivity contribution in [2.24, 2.45) is 7.05 Å². The molecule has 0 radical (unpaired) electrons. The molecule has 0 spiro atoms. The summed E-state index contributed by atoms with van der Waals surface area (Å²) in [5.74, 6) is 0. The Bertz CT molecular complexity index is 727. The van der Waals surface area contributed by atoms with Crippen LogP contribution in [0.15, 0.2) is 47.1 Å². The Morgan fingerprint density at radius 2 is 1.95 bits per heavy atom. The maximum absolute atomic E-state index is 4.49. The Labute approximate surface area is 124 Å². The molecule has 0 aliphatic rings. The van der Waals surface area contributed by atoms with Gasteiger partial charge in [0.2, 0.25) is 0 Å². The number of nitrogens with zero attached hydrogens (tertiary/aromatic N) is 2. The fourth-order valence-corrected chi connectivity index (χ4v) is 3.77. The van der Waals surface area contributed by atoms with Crippen molar-refractivity contribution in [3.05, 3.63) is 52.6 Å². The van der Waals surface area contributed by atoms with Gasteiger partial charge < -0.3 is 0 Å². The summed E-state index contributed by atoms with van der Waals surface area (Å²) in [7, 11) is 1.93. The summed E-state index contributed by atoms with van der Waals surface area (Å²) in [6.07, 6.45) is 1.97. The molecular weight excluding hydrogens is 320 g/mol. The van der Waals surface area contributed by atoms with Crippen molar-refractivity contribution in [2.45, 2.75) is 6.92 Å². The number of aromatic nitrogens is 2. The van der Waals surface area contributed by atoms with Crippen LogP contribution in [-0.2, 0) is 7.05 Å². The predicted octanol–water partition coefficient (Wildman–Crippen LogP) is 4.89. The van der Waals surface area contributed by atoms with E-state index in [0.29, 0.717) is 0 Å². The molecule has 0 bridgehead atoms. The Kier molecular flexibility index (Phi) is 3.29. The van der Waals surface area contributed by atoms with Crippen molar-refractivity contribution < 1.29 is 0 Å². The van der Waals surface area contributed by atoms with Crippen LogP contribution in [0.4, 0.5) is 0 Å². The number of thiophene rings is 1. The third kappa shape index (κ3) is 2.51. The Hall–Kier alpha value is -1.39. The SMILES string of the molecule is Cc1cccc(-c2ccc(-c3nn(C)cc3Br)s2)c1. The van der Waals surface area contributed by atoms with Gasteiger partial charge in [-0.3, -0.25) is 4.68 Å². The van der Waals surface area contributed by atoms with Crippen molar-refractivity contribution in [2.75, 3.05) is 0 Å². The van der Waals surface area contributed by atoms with E-state index in [1.54, 1.807) is 11.3 Å². The van der Waals surface area contributed by atoms with Gasteiger partial charge in [0.15, 0.2) is 0 Å². The van der Waals surface area contributed by atoms with Crippen LogP contribution < -0.4 is 0 Å². The lowest BCUT2D eigenvalue weighted by Crippen LogP contribution is -1.86. The molecular formula is C15H13BrN2S. The molecule has 1 aromatic carbocycles. The number of aryl methyl sites for hydroxylation is 2. The molecule has 0 fully saturated rings. The second-order valence-electron chi connectivity index (χ2n) is 4.53. The zero-order valence-corrected chi connectivity index (χ0v) is 13.1. The van der Waals surface area contributed by atoms with E-state index in [1.165, 1.54) is 20.9 Å². The maximum atomic E-state index is 4.49. The van der Waals surface area contributed by atoms with Crippen LogP contribution >= 0.6 is 27.3 Å². The van der Waals surface area contributed by atoms with Crippen LogP contribution in [0.1, 0.15) is 5.56 Å². The van der Waals surface area contributed by atoms with E-state index in [-0.39, 0.29) is 0 Å². The summed E-state index contributed by atoms with van der Waals surface area (Å²) in [6, 6.07) is 12.9. The largest absolute Gasteiger partial charge is 0.274 e. The van der Waals surface area contributed by atoms with Gasteiger partial charge in [0.05, 0.1) is 9.35 Å². The lowest BCUT2D eigenvalue weighted by atomic mass is 10.1. The summed E-state index contributed by atoms with van der Waals surface area (Å²) < 4.78 is 2.86. The number of benzene rings is 1. The Morgan fingerprint density at radius 3 is 2.63 bits per heavy atom. The first-order valence-electron chi connectivity index (χ1n) is 6.00. The van der Waals surface area contributed by atoms with Gasteiger partial charge in [-0.25, -0.2) is 0 Å². The van der Waals surface area contributed by atoms with Gasteiger partial charge in [0, 0.05) is 18.1 Å². The number of halogens is 1. The van der Waals surface area contributed by atoms with Crippen molar-refractivity contribution >= 4 is 27.3 Å². The minimum absolute atomic E-state index is 1.01. The molecule has 0 unspecified atom stereocenters. The number of hydrogen-bond donors (Lipinski definition) is 0. The molecule has 3 aromatic rings. The van der Waals surface area contributed by atoms with E-state index in [4.69, 9.17) is 0 Å². The zero-order valence-electron chi connectivity index (χ0n) is 10.7. The molecule has 3 rings (SSSR count). The molecule has 0 saturated carbocycles. The standard InChI is InChI=1S/C15H13BrN2S/c1-10-4-3-5-11(8-10)13-6-7-14(19-13)15-12(16)9-18(2)17-15/h3-9H,1-2H3. The highest BCUT2D eigenvalue weighted by molar-refractivity contribution is 9.10. The highest BCUT2D eigenvalue weighted by Crippen LogP contribution is 2.36. The lowest BCUT2D eigenvalue weighted by molar-refractivity contribution is 0.771. The minimum Gasteiger partial charge on any atom is -0.274 e. The Balaban J connectivity index is 2.02. The van der Waals surface area contributed by atoms with Gasteiger partial charge in [0.25, 0.3) is 0 Å². The summed E-state index contributed by atoms with van der Waals surface area (Å²) in [5, 5.41) is 4.49. The van der Waals surface area contributed by atoms with E-state index in [2.05, 4.69) is 64.4 Å². The van der Waals surface area contributed by atoms with E-state index in [9.17, 15) is 0 Å². The Morgan fingerprint density at radius 1 is 1.16 bits per heavy atom. The molecule has 2 nitrogen and oxygen atoms in total. The molecule has 0 saturated heterocycles.